The van der Waals surface area contributed by atoms with Gasteiger partial charge < -0.3 is 20.4 Å². The first kappa shape index (κ1) is 29.2. The normalized spacial score (nSPS) is 22.7. The lowest BCUT2D eigenvalue weighted by atomic mass is 9.58. The van der Waals surface area contributed by atoms with Gasteiger partial charge in [-0.15, -0.1) is 0 Å². The standard InChI is InChI=1S/C39H44O4/c1-39(2,29-17-13-27(14-18-29)35-31(21-23-33(40)37(35)42)25-9-5-3-6-10-25)30-19-15-28(16-20-30)36-32(22-24-34(41)38(36)43)26-11-7-4-8-12-26/h3-12,21-24,27-30,40-43H,13-20H2,1-2H3. The molecule has 2 aliphatic rings. The van der Waals surface area contributed by atoms with E-state index in [4.69, 9.17) is 0 Å². The highest BCUT2D eigenvalue weighted by atomic mass is 16.3. The molecule has 0 bridgehead atoms. The zero-order valence-corrected chi connectivity index (χ0v) is 25.3. The highest BCUT2D eigenvalue weighted by Gasteiger charge is 2.42. The second-order valence-electron chi connectivity index (χ2n) is 13.4. The molecule has 43 heavy (non-hydrogen) atoms. The number of phenolic OH excluding ortho intramolecular Hbond substituents is 4. The molecule has 2 fully saturated rings. The molecule has 0 spiro atoms. The van der Waals surface area contributed by atoms with Crippen LogP contribution in [0.2, 0.25) is 0 Å². The summed E-state index contributed by atoms with van der Waals surface area (Å²) < 4.78 is 0. The Morgan fingerprint density at radius 3 is 1.16 bits per heavy atom. The van der Waals surface area contributed by atoms with E-state index in [2.05, 4.69) is 38.1 Å². The first-order valence-corrected chi connectivity index (χ1v) is 16.0. The summed E-state index contributed by atoms with van der Waals surface area (Å²) in [5.41, 5.74) is 6.14. The Kier molecular flexibility index (Phi) is 8.13. The van der Waals surface area contributed by atoms with Crippen LogP contribution in [0.15, 0.2) is 84.9 Å². The van der Waals surface area contributed by atoms with Crippen molar-refractivity contribution in [1.82, 2.24) is 0 Å². The Morgan fingerprint density at radius 1 is 0.465 bits per heavy atom. The Bertz CT molecular complexity index is 1430. The molecule has 0 atom stereocenters. The number of rotatable bonds is 6. The van der Waals surface area contributed by atoms with Gasteiger partial charge in [-0.05, 0) is 115 Å². The van der Waals surface area contributed by atoms with E-state index in [1.165, 1.54) is 0 Å². The molecule has 4 aromatic rings. The second-order valence-corrected chi connectivity index (χ2v) is 13.4. The van der Waals surface area contributed by atoms with Crippen molar-refractivity contribution < 1.29 is 20.4 Å². The smallest absolute Gasteiger partial charge is 0.161 e. The van der Waals surface area contributed by atoms with E-state index in [1.54, 1.807) is 12.1 Å². The average molecular weight is 577 g/mol. The first-order valence-electron chi connectivity index (χ1n) is 16.0. The molecule has 6 rings (SSSR count). The number of aromatic hydroxyl groups is 4. The number of benzene rings is 4. The molecular weight excluding hydrogens is 532 g/mol. The van der Waals surface area contributed by atoms with E-state index in [9.17, 15) is 20.4 Å². The average Bonchev–Trinajstić information content (AvgIpc) is 3.04. The van der Waals surface area contributed by atoms with Crippen molar-refractivity contribution >= 4 is 0 Å². The molecule has 0 amide bonds. The Labute approximate surface area is 255 Å². The van der Waals surface area contributed by atoms with Crippen molar-refractivity contribution in [2.75, 3.05) is 0 Å². The van der Waals surface area contributed by atoms with Crippen molar-refractivity contribution in [1.29, 1.82) is 0 Å². The predicted molar refractivity (Wildman–Crippen MR) is 174 cm³/mol. The molecule has 4 nitrogen and oxygen atoms in total. The summed E-state index contributed by atoms with van der Waals surface area (Å²) >= 11 is 0. The van der Waals surface area contributed by atoms with E-state index in [-0.39, 0.29) is 40.2 Å². The fourth-order valence-electron chi connectivity index (χ4n) is 8.34. The van der Waals surface area contributed by atoms with Crippen molar-refractivity contribution in [3.63, 3.8) is 0 Å². The minimum atomic E-state index is -0.0397. The molecular formula is C39H44O4. The molecule has 0 saturated heterocycles. The van der Waals surface area contributed by atoms with Crippen LogP contribution in [-0.2, 0) is 0 Å². The lowest BCUT2D eigenvalue weighted by molar-refractivity contribution is 0.0510. The van der Waals surface area contributed by atoms with Crippen LogP contribution in [0.3, 0.4) is 0 Å². The lowest BCUT2D eigenvalue weighted by Gasteiger charge is -2.47. The Morgan fingerprint density at radius 2 is 0.814 bits per heavy atom. The van der Waals surface area contributed by atoms with Gasteiger partial charge >= 0.3 is 0 Å². The molecule has 4 N–H and O–H groups in total. The van der Waals surface area contributed by atoms with Gasteiger partial charge in [0, 0.05) is 11.1 Å². The van der Waals surface area contributed by atoms with Gasteiger partial charge in [-0.25, -0.2) is 0 Å². The summed E-state index contributed by atoms with van der Waals surface area (Å²) in [5.74, 6) is 1.62. The molecule has 224 valence electrons. The van der Waals surface area contributed by atoms with Gasteiger partial charge in [0.05, 0.1) is 0 Å². The van der Waals surface area contributed by atoms with E-state index in [0.29, 0.717) is 11.8 Å². The monoisotopic (exact) mass is 576 g/mol. The Balaban J connectivity index is 1.15. The van der Waals surface area contributed by atoms with Crippen LogP contribution in [0, 0.1) is 17.3 Å². The van der Waals surface area contributed by atoms with Crippen LogP contribution < -0.4 is 0 Å². The third-order valence-corrected chi connectivity index (χ3v) is 10.9. The summed E-state index contributed by atoms with van der Waals surface area (Å²) in [6.45, 7) is 4.90. The molecule has 0 aliphatic heterocycles. The van der Waals surface area contributed by atoms with Crippen molar-refractivity contribution in [2.45, 2.75) is 77.0 Å². The zero-order chi connectivity index (χ0) is 30.1. The van der Waals surface area contributed by atoms with Crippen LogP contribution in [0.5, 0.6) is 23.0 Å². The SMILES string of the molecule is CC(C)(C1CCC(c2c(-c3ccccc3)ccc(O)c2O)CC1)C1CCC(c2c(-c3ccccc3)ccc(O)c2O)CC1. The van der Waals surface area contributed by atoms with E-state index in [0.717, 1.165) is 84.7 Å². The molecule has 0 heterocycles. The predicted octanol–water partition coefficient (Wildman–Crippen LogP) is 10.1. The van der Waals surface area contributed by atoms with Gasteiger partial charge in [0.25, 0.3) is 0 Å². The quantitative estimate of drug-likeness (QED) is 0.172. The summed E-state index contributed by atoms with van der Waals surface area (Å²) in [6.07, 6.45) is 8.41. The van der Waals surface area contributed by atoms with Crippen LogP contribution in [0.1, 0.15) is 88.2 Å². The van der Waals surface area contributed by atoms with Gasteiger partial charge in [-0.1, -0.05) is 86.6 Å². The third-order valence-electron chi connectivity index (χ3n) is 10.9. The van der Waals surface area contributed by atoms with Gasteiger partial charge in [-0.3, -0.25) is 0 Å². The van der Waals surface area contributed by atoms with Crippen molar-refractivity contribution in [3.05, 3.63) is 96.1 Å². The number of hydrogen-bond donors (Lipinski definition) is 4. The summed E-state index contributed by atoms with van der Waals surface area (Å²) in [7, 11) is 0. The highest BCUT2D eigenvalue weighted by Crippen LogP contribution is 2.55. The van der Waals surface area contributed by atoms with Crippen LogP contribution >= 0.6 is 0 Å². The maximum Gasteiger partial charge on any atom is 0.161 e. The topological polar surface area (TPSA) is 80.9 Å². The third kappa shape index (κ3) is 5.60. The maximum absolute atomic E-state index is 11.0. The molecule has 2 aliphatic carbocycles. The molecule has 2 saturated carbocycles. The van der Waals surface area contributed by atoms with Gasteiger partial charge in [0.2, 0.25) is 0 Å². The van der Waals surface area contributed by atoms with E-state index in [1.807, 2.05) is 48.5 Å². The molecule has 4 aromatic carbocycles. The van der Waals surface area contributed by atoms with E-state index >= 15 is 0 Å². The minimum Gasteiger partial charge on any atom is -0.504 e. The van der Waals surface area contributed by atoms with Gasteiger partial charge in [0.1, 0.15) is 0 Å². The zero-order valence-electron chi connectivity index (χ0n) is 25.3. The minimum absolute atomic E-state index is 0.0347. The summed E-state index contributed by atoms with van der Waals surface area (Å²) in [4.78, 5) is 0. The largest absolute Gasteiger partial charge is 0.504 e. The number of hydrogen-bond acceptors (Lipinski definition) is 4. The second kappa shape index (κ2) is 12.0. The van der Waals surface area contributed by atoms with E-state index < -0.39 is 0 Å². The van der Waals surface area contributed by atoms with Gasteiger partial charge in [0.15, 0.2) is 23.0 Å². The van der Waals surface area contributed by atoms with Crippen LogP contribution in [0.4, 0.5) is 0 Å². The van der Waals surface area contributed by atoms with Crippen molar-refractivity contribution in [3.8, 4) is 45.3 Å². The summed E-state index contributed by atoms with van der Waals surface area (Å²) in [6, 6.07) is 27.4. The van der Waals surface area contributed by atoms with Gasteiger partial charge in [-0.2, -0.15) is 0 Å². The maximum atomic E-state index is 11.0. The lowest BCUT2D eigenvalue weighted by Crippen LogP contribution is -2.36. The van der Waals surface area contributed by atoms with Crippen LogP contribution in [-0.4, -0.2) is 20.4 Å². The summed E-state index contributed by atoms with van der Waals surface area (Å²) in [5, 5.41) is 42.8. The molecule has 0 unspecified atom stereocenters. The molecule has 4 heteroatoms. The Hall–Kier alpha value is -3.92. The fraction of sp³-hybridized carbons (Fsp3) is 0.385. The number of phenols is 4. The van der Waals surface area contributed by atoms with Crippen molar-refractivity contribution in [2.24, 2.45) is 17.3 Å². The molecule has 0 radical (unpaired) electrons. The fourth-order valence-corrected chi connectivity index (χ4v) is 8.34. The highest BCUT2D eigenvalue weighted by molar-refractivity contribution is 5.74. The first-order chi connectivity index (χ1) is 20.8. The molecule has 0 aromatic heterocycles. The van der Waals surface area contributed by atoms with Crippen LogP contribution in [0.25, 0.3) is 22.3 Å².